The summed E-state index contributed by atoms with van der Waals surface area (Å²) in [4.78, 5) is 12.1. The summed E-state index contributed by atoms with van der Waals surface area (Å²) in [6.07, 6.45) is 0. The molecule has 0 spiro atoms. The molecule has 0 aliphatic rings. The summed E-state index contributed by atoms with van der Waals surface area (Å²) in [5, 5.41) is 9.08. The lowest BCUT2D eigenvalue weighted by Gasteiger charge is -2.07. The van der Waals surface area contributed by atoms with E-state index in [0.717, 1.165) is 22.8 Å². The minimum Gasteiger partial charge on any atom is -0.392 e. The Balaban J connectivity index is 1.92. The largest absolute Gasteiger partial charge is 0.392 e. The molecule has 0 saturated carbocycles. The lowest BCUT2D eigenvalue weighted by atomic mass is 9.98. The fourth-order valence-electron chi connectivity index (χ4n) is 2.67. The van der Waals surface area contributed by atoms with E-state index in [9.17, 15) is 22.9 Å². The highest BCUT2D eigenvalue weighted by Crippen LogP contribution is 2.25. The molecule has 0 fully saturated rings. The third-order valence-corrected chi connectivity index (χ3v) is 5.40. The predicted molar refractivity (Wildman–Crippen MR) is 102 cm³/mol. The SMILES string of the molecule is O=C(c1ccc(-c2cccc(CO)c2)cc1)c1ccc(Cl)c(S(=O)(=O)O)c1. The smallest absolute Gasteiger partial charge is 0.296 e. The Bertz CT molecular complexity index is 1110. The van der Waals surface area contributed by atoms with Gasteiger partial charge in [-0.2, -0.15) is 8.42 Å². The molecule has 0 bridgehead atoms. The van der Waals surface area contributed by atoms with Crippen LogP contribution in [0.1, 0.15) is 21.5 Å². The maximum absolute atomic E-state index is 12.6. The number of benzene rings is 3. The van der Waals surface area contributed by atoms with Crippen LogP contribution in [0.4, 0.5) is 0 Å². The van der Waals surface area contributed by atoms with E-state index in [-0.39, 0.29) is 17.2 Å². The first-order valence-electron chi connectivity index (χ1n) is 7.91. The number of aliphatic hydroxyl groups excluding tert-OH is 1. The van der Waals surface area contributed by atoms with Gasteiger partial charge in [0, 0.05) is 11.1 Å². The highest BCUT2D eigenvalue weighted by atomic mass is 35.5. The van der Waals surface area contributed by atoms with E-state index >= 15 is 0 Å². The molecule has 138 valence electrons. The number of hydrogen-bond donors (Lipinski definition) is 2. The van der Waals surface area contributed by atoms with Crippen molar-refractivity contribution in [2.75, 3.05) is 0 Å². The number of carbonyl (C=O) groups is 1. The minimum absolute atomic E-state index is 0.0585. The number of aliphatic hydroxyl groups is 1. The average molecular weight is 403 g/mol. The molecule has 27 heavy (non-hydrogen) atoms. The molecule has 3 aromatic carbocycles. The van der Waals surface area contributed by atoms with Crippen molar-refractivity contribution >= 4 is 27.5 Å². The van der Waals surface area contributed by atoms with Crippen LogP contribution in [0.25, 0.3) is 11.1 Å². The Morgan fingerprint density at radius 1 is 0.889 bits per heavy atom. The van der Waals surface area contributed by atoms with Crippen LogP contribution in [0, 0.1) is 0 Å². The summed E-state index contributed by atoms with van der Waals surface area (Å²) < 4.78 is 31.9. The van der Waals surface area contributed by atoms with Crippen LogP contribution in [-0.2, 0) is 16.7 Å². The van der Waals surface area contributed by atoms with Crippen molar-refractivity contribution in [3.8, 4) is 11.1 Å². The van der Waals surface area contributed by atoms with Gasteiger partial charge in [-0.3, -0.25) is 9.35 Å². The molecule has 0 atom stereocenters. The Kier molecular flexibility index (Phi) is 5.43. The van der Waals surface area contributed by atoms with E-state index < -0.39 is 20.8 Å². The van der Waals surface area contributed by atoms with Crippen molar-refractivity contribution in [2.24, 2.45) is 0 Å². The predicted octanol–water partition coefficient (Wildman–Crippen LogP) is 3.98. The monoisotopic (exact) mass is 402 g/mol. The second kappa shape index (κ2) is 7.62. The van der Waals surface area contributed by atoms with Gasteiger partial charge in [-0.1, -0.05) is 54.1 Å². The summed E-state index contributed by atoms with van der Waals surface area (Å²) in [5.41, 5.74) is 3.02. The van der Waals surface area contributed by atoms with Crippen molar-refractivity contribution in [1.82, 2.24) is 0 Å². The van der Waals surface area contributed by atoms with Crippen molar-refractivity contribution in [2.45, 2.75) is 11.5 Å². The zero-order valence-corrected chi connectivity index (χ0v) is 15.5. The highest BCUT2D eigenvalue weighted by molar-refractivity contribution is 7.86. The first kappa shape index (κ1) is 19.3. The molecule has 3 rings (SSSR count). The zero-order valence-electron chi connectivity index (χ0n) is 14.0. The lowest BCUT2D eigenvalue weighted by molar-refractivity contribution is 0.103. The van der Waals surface area contributed by atoms with Crippen molar-refractivity contribution in [3.05, 3.63) is 88.4 Å². The van der Waals surface area contributed by atoms with Crippen molar-refractivity contribution in [1.29, 1.82) is 0 Å². The summed E-state index contributed by atoms with van der Waals surface area (Å²) in [5.74, 6) is -0.396. The van der Waals surface area contributed by atoms with Crippen molar-refractivity contribution in [3.63, 3.8) is 0 Å². The van der Waals surface area contributed by atoms with Crippen LogP contribution in [0.5, 0.6) is 0 Å². The van der Waals surface area contributed by atoms with E-state index in [0.29, 0.717) is 5.56 Å². The first-order valence-corrected chi connectivity index (χ1v) is 9.73. The van der Waals surface area contributed by atoms with Crippen LogP contribution in [0.2, 0.25) is 5.02 Å². The van der Waals surface area contributed by atoms with Gasteiger partial charge < -0.3 is 5.11 Å². The maximum atomic E-state index is 12.6. The highest BCUT2D eigenvalue weighted by Gasteiger charge is 2.18. The Labute approximate surface area is 161 Å². The van der Waals surface area contributed by atoms with Gasteiger partial charge in [0.2, 0.25) is 0 Å². The lowest BCUT2D eigenvalue weighted by Crippen LogP contribution is -2.05. The van der Waals surface area contributed by atoms with Crippen LogP contribution in [0.3, 0.4) is 0 Å². The third-order valence-electron chi connectivity index (χ3n) is 4.06. The summed E-state index contributed by atoms with van der Waals surface area (Å²) >= 11 is 5.78. The second-order valence-corrected chi connectivity index (χ2v) is 7.68. The second-order valence-electron chi connectivity index (χ2n) is 5.89. The van der Waals surface area contributed by atoms with E-state index in [2.05, 4.69) is 0 Å². The zero-order chi connectivity index (χ0) is 19.6. The van der Waals surface area contributed by atoms with Crippen LogP contribution in [0.15, 0.2) is 71.6 Å². The van der Waals surface area contributed by atoms with Crippen LogP contribution < -0.4 is 0 Å². The molecule has 0 saturated heterocycles. The van der Waals surface area contributed by atoms with Crippen molar-refractivity contribution < 1.29 is 22.9 Å². The maximum Gasteiger partial charge on any atom is 0.296 e. The standard InChI is InChI=1S/C20H15ClO5S/c21-18-9-8-17(11-19(18)27(24,25)26)20(23)15-6-4-14(5-7-15)16-3-1-2-13(10-16)12-22/h1-11,22H,12H2,(H,24,25,26). The number of carbonyl (C=O) groups excluding carboxylic acids is 1. The molecule has 2 N–H and O–H groups in total. The fraction of sp³-hybridized carbons (Fsp3) is 0.0500. The van der Waals surface area contributed by atoms with Gasteiger partial charge in [-0.15, -0.1) is 0 Å². The fourth-order valence-corrected chi connectivity index (χ4v) is 3.67. The van der Waals surface area contributed by atoms with Gasteiger partial charge in [0.25, 0.3) is 10.1 Å². The molecule has 3 aromatic rings. The Morgan fingerprint density at radius 3 is 2.19 bits per heavy atom. The van der Waals surface area contributed by atoms with Gasteiger partial charge in [-0.25, -0.2) is 0 Å². The molecular weight excluding hydrogens is 388 g/mol. The van der Waals surface area contributed by atoms with Gasteiger partial charge in [0.05, 0.1) is 11.6 Å². The van der Waals surface area contributed by atoms with Crippen LogP contribution >= 0.6 is 11.6 Å². The normalized spacial score (nSPS) is 11.4. The average Bonchev–Trinajstić information content (AvgIpc) is 2.67. The summed E-state index contributed by atoms with van der Waals surface area (Å²) in [7, 11) is -4.53. The van der Waals surface area contributed by atoms with E-state index in [1.165, 1.54) is 12.1 Å². The summed E-state index contributed by atoms with van der Waals surface area (Å²) in [6, 6.07) is 17.9. The number of ketones is 1. The van der Waals surface area contributed by atoms with Gasteiger partial charge in [-0.05, 0) is 41.0 Å². The summed E-state index contributed by atoms with van der Waals surface area (Å²) in [6.45, 7) is -0.0585. The Hall–Kier alpha value is -2.51. The third kappa shape index (κ3) is 4.26. The van der Waals surface area contributed by atoms with Gasteiger partial charge in [0.15, 0.2) is 5.78 Å². The quantitative estimate of drug-likeness (QED) is 0.497. The van der Waals surface area contributed by atoms with Crippen LogP contribution in [-0.4, -0.2) is 23.9 Å². The number of halogens is 1. The molecule has 0 radical (unpaired) electrons. The molecule has 0 amide bonds. The molecule has 0 heterocycles. The van der Waals surface area contributed by atoms with Gasteiger partial charge in [0.1, 0.15) is 4.90 Å². The van der Waals surface area contributed by atoms with Gasteiger partial charge >= 0.3 is 0 Å². The molecule has 0 aliphatic carbocycles. The molecular formula is C20H15ClO5S. The molecule has 7 heteroatoms. The molecule has 0 unspecified atom stereocenters. The van der Waals surface area contributed by atoms with E-state index in [1.807, 2.05) is 24.3 Å². The minimum atomic E-state index is -4.53. The molecule has 0 aromatic heterocycles. The Morgan fingerprint density at radius 2 is 1.56 bits per heavy atom. The number of hydrogen-bond acceptors (Lipinski definition) is 4. The van der Waals surface area contributed by atoms with E-state index in [4.69, 9.17) is 11.6 Å². The first-order chi connectivity index (χ1) is 12.8. The molecule has 0 aliphatic heterocycles. The van der Waals surface area contributed by atoms with E-state index in [1.54, 1.807) is 24.3 Å². The number of rotatable bonds is 5. The topological polar surface area (TPSA) is 91.7 Å². The molecule has 5 nitrogen and oxygen atoms in total.